The maximum Gasteiger partial charge on any atom is 0.222 e. The Hall–Kier alpha value is -0.570. The molecule has 12 heavy (non-hydrogen) atoms. The van der Waals surface area contributed by atoms with Crippen molar-refractivity contribution in [2.45, 2.75) is 39.7 Å². The lowest BCUT2D eigenvalue weighted by atomic mass is 10.2. The zero-order chi connectivity index (χ0) is 9.56. The Balaban J connectivity index is 3.86. The molecule has 0 aliphatic heterocycles. The molecule has 0 radical (unpaired) electrons. The molecule has 0 saturated heterocycles. The number of aliphatic hydroxyl groups excluding tert-OH is 1. The van der Waals surface area contributed by atoms with Gasteiger partial charge in [-0.1, -0.05) is 0 Å². The van der Waals surface area contributed by atoms with Gasteiger partial charge >= 0.3 is 0 Å². The highest BCUT2D eigenvalue weighted by molar-refractivity contribution is 5.76. The number of rotatable bonds is 5. The Bertz CT molecular complexity index is 134. The van der Waals surface area contributed by atoms with Crippen molar-refractivity contribution in [3.05, 3.63) is 0 Å². The van der Waals surface area contributed by atoms with Crippen LogP contribution >= 0.6 is 0 Å². The first-order valence-corrected chi connectivity index (χ1v) is 4.53. The number of hydrogen-bond donors (Lipinski definition) is 1. The van der Waals surface area contributed by atoms with E-state index in [9.17, 15) is 4.79 Å². The molecule has 72 valence electrons. The van der Waals surface area contributed by atoms with E-state index in [4.69, 9.17) is 5.11 Å². The molecule has 3 nitrogen and oxygen atoms in total. The summed E-state index contributed by atoms with van der Waals surface area (Å²) in [6.07, 6.45) is 1.03. The average molecular weight is 173 g/mol. The van der Waals surface area contributed by atoms with Gasteiger partial charge < -0.3 is 10.0 Å². The summed E-state index contributed by atoms with van der Waals surface area (Å²) < 4.78 is 0. The van der Waals surface area contributed by atoms with E-state index >= 15 is 0 Å². The lowest BCUT2D eigenvalue weighted by Crippen LogP contribution is -2.36. The first-order valence-electron chi connectivity index (χ1n) is 4.53. The SMILES string of the molecule is CCN(C(=O)CCCO)C(C)C. The molecule has 0 aromatic heterocycles. The largest absolute Gasteiger partial charge is 0.396 e. The van der Waals surface area contributed by atoms with Crippen LogP contribution in [0.4, 0.5) is 0 Å². The predicted molar refractivity (Wildman–Crippen MR) is 48.8 cm³/mol. The fraction of sp³-hybridized carbons (Fsp3) is 0.889. The van der Waals surface area contributed by atoms with Gasteiger partial charge in [-0.2, -0.15) is 0 Å². The van der Waals surface area contributed by atoms with E-state index in [0.29, 0.717) is 12.8 Å². The van der Waals surface area contributed by atoms with E-state index in [1.807, 2.05) is 25.7 Å². The molecule has 0 spiro atoms. The molecule has 0 rings (SSSR count). The van der Waals surface area contributed by atoms with Gasteiger partial charge in [0.2, 0.25) is 5.91 Å². The van der Waals surface area contributed by atoms with Gasteiger partial charge in [-0.15, -0.1) is 0 Å². The molecule has 0 saturated carbocycles. The minimum Gasteiger partial charge on any atom is -0.396 e. The molecule has 0 aromatic rings. The normalized spacial score (nSPS) is 10.4. The van der Waals surface area contributed by atoms with Crippen LogP contribution in [0.25, 0.3) is 0 Å². The third-order valence-corrected chi connectivity index (χ3v) is 1.83. The zero-order valence-corrected chi connectivity index (χ0v) is 8.21. The molecule has 0 atom stereocenters. The van der Waals surface area contributed by atoms with Crippen LogP contribution in [0.3, 0.4) is 0 Å². The van der Waals surface area contributed by atoms with E-state index in [-0.39, 0.29) is 18.6 Å². The maximum atomic E-state index is 11.4. The van der Waals surface area contributed by atoms with Crippen LogP contribution in [0.5, 0.6) is 0 Å². The lowest BCUT2D eigenvalue weighted by molar-refractivity contribution is -0.132. The van der Waals surface area contributed by atoms with Gasteiger partial charge in [0.1, 0.15) is 0 Å². The van der Waals surface area contributed by atoms with Crippen LogP contribution in [0.1, 0.15) is 33.6 Å². The first kappa shape index (κ1) is 11.4. The third kappa shape index (κ3) is 3.72. The van der Waals surface area contributed by atoms with E-state index in [2.05, 4.69) is 0 Å². The molecular formula is C9H19NO2. The highest BCUT2D eigenvalue weighted by atomic mass is 16.3. The van der Waals surface area contributed by atoms with Crippen molar-refractivity contribution in [1.82, 2.24) is 4.90 Å². The number of amides is 1. The molecule has 3 heteroatoms. The second-order valence-corrected chi connectivity index (χ2v) is 3.10. The van der Waals surface area contributed by atoms with Gasteiger partial charge in [0.15, 0.2) is 0 Å². The summed E-state index contributed by atoms with van der Waals surface area (Å²) in [5.74, 6) is 0.140. The first-order chi connectivity index (χ1) is 5.63. The van der Waals surface area contributed by atoms with E-state index < -0.39 is 0 Å². The van der Waals surface area contributed by atoms with Crippen LogP contribution in [0.15, 0.2) is 0 Å². The minimum absolute atomic E-state index is 0.0986. The lowest BCUT2D eigenvalue weighted by Gasteiger charge is -2.24. The van der Waals surface area contributed by atoms with Crippen molar-refractivity contribution in [3.8, 4) is 0 Å². The molecule has 1 amide bonds. The highest BCUT2D eigenvalue weighted by Crippen LogP contribution is 2.02. The van der Waals surface area contributed by atoms with Gasteiger partial charge in [0, 0.05) is 25.6 Å². The van der Waals surface area contributed by atoms with Gasteiger partial charge in [0.25, 0.3) is 0 Å². The molecule has 0 unspecified atom stereocenters. The van der Waals surface area contributed by atoms with Crippen molar-refractivity contribution in [3.63, 3.8) is 0 Å². The summed E-state index contributed by atoms with van der Waals surface area (Å²) in [6.45, 7) is 6.82. The molecular weight excluding hydrogens is 154 g/mol. The van der Waals surface area contributed by atoms with Crippen molar-refractivity contribution in [1.29, 1.82) is 0 Å². The van der Waals surface area contributed by atoms with Crippen molar-refractivity contribution in [2.75, 3.05) is 13.2 Å². The monoisotopic (exact) mass is 173 g/mol. The Kier molecular flexibility index (Phi) is 5.72. The number of hydrogen-bond acceptors (Lipinski definition) is 2. The van der Waals surface area contributed by atoms with Crippen LogP contribution in [-0.2, 0) is 4.79 Å². The second kappa shape index (κ2) is 6.00. The molecule has 1 N–H and O–H groups in total. The van der Waals surface area contributed by atoms with Crippen LogP contribution in [0, 0.1) is 0 Å². The summed E-state index contributed by atoms with van der Waals surface area (Å²) in [5.41, 5.74) is 0. The Labute approximate surface area is 74.4 Å². The molecule has 0 aromatic carbocycles. The Morgan fingerprint density at radius 1 is 1.50 bits per heavy atom. The van der Waals surface area contributed by atoms with Gasteiger partial charge in [-0.3, -0.25) is 4.79 Å². The number of carbonyl (C=O) groups is 1. The summed E-state index contributed by atoms with van der Waals surface area (Å²) in [4.78, 5) is 13.2. The van der Waals surface area contributed by atoms with Crippen molar-refractivity contribution < 1.29 is 9.90 Å². The third-order valence-electron chi connectivity index (χ3n) is 1.83. The molecule has 0 aliphatic rings. The quantitative estimate of drug-likeness (QED) is 0.674. The predicted octanol–water partition coefficient (Wildman–Crippen LogP) is 1.02. The van der Waals surface area contributed by atoms with Gasteiger partial charge in [0.05, 0.1) is 0 Å². The minimum atomic E-state index is 0.0986. The maximum absolute atomic E-state index is 11.4. The zero-order valence-electron chi connectivity index (χ0n) is 8.21. The standard InChI is InChI=1S/C9H19NO2/c1-4-10(8(2)3)9(12)6-5-7-11/h8,11H,4-7H2,1-3H3. The fourth-order valence-corrected chi connectivity index (χ4v) is 1.20. The highest BCUT2D eigenvalue weighted by Gasteiger charge is 2.13. The van der Waals surface area contributed by atoms with E-state index in [1.165, 1.54) is 0 Å². The number of carbonyl (C=O) groups excluding carboxylic acids is 1. The molecule has 0 aliphatic carbocycles. The van der Waals surface area contributed by atoms with E-state index in [1.54, 1.807) is 0 Å². The Morgan fingerprint density at radius 2 is 2.08 bits per heavy atom. The Morgan fingerprint density at radius 3 is 2.42 bits per heavy atom. The summed E-state index contributed by atoms with van der Waals surface area (Å²) in [5, 5.41) is 8.54. The van der Waals surface area contributed by atoms with Crippen LogP contribution < -0.4 is 0 Å². The summed E-state index contributed by atoms with van der Waals surface area (Å²) in [7, 11) is 0. The van der Waals surface area contributed by atoms with Crippen molar-refractivity contribution in [2.24, 2.45) is 0 Å². The smallest absolute Gasteiger partial charge is 0.222 e. The number of aliphatic hydroxyl groups is 1. The second-order valence-electron chi connectivity index (χ2n) is 3.10. The van der Waals surface area contributed by atoms with Gasteiger partial charge in [-0.05, 0) is 27.2 Å². The van der Waals surface area contributed by atoms with Gasteiger partial charge in [-0.25, -0.2) is 0 Å². The molecule has 0 bridgehead atoms. The summed E-state index contributed by atoms with van der Waals surface area (Å²) in [6, 6.07) is 0.265. The average Bonchev–Trinajstić information content (AvgIpc) is 2.01. The molecule has 0 fully saturated rings. The van der Waals surface area contributed by atoms with E-state index in [0.717, 1.165) is 6.54 Å². The summed E-state index contributed by atoms with van der Waals surface area (Å²) >= 11 is 0. The molecule has 0 heterocycles. The van der Waals surface area contributed by atoms with Crippen molar-refractivity contribution >= 4 is 5.91 Å². The topological polar surface area (TPSA) is 40.5 Å². The van der Waals surface area contributed by atoms with Crippen LogP contribution in [0.2, 0.25) is 0 Å². The number of nitrogens with zero attached hydrogens (tertiary/aromatic N) is 1. The van der Waals surface area contributed by atoms with Crippen LogP contribution in [-0.4, -0.2) is 35.1 Å². The fourth-order valence-electron chi connectivity index (χ4n) is 1.20.